The number of ketones is 1. The van der Waals surface area contributed by atoms with E-state index in [0.29, 0.717) is 23.1 Å². The number of hydrogen-bond donors (Lipinski definition) is 1. The molecular formula is C24H23N5O3S. The monoisotopic (exact) mass is 461 g/mol. The fourth-order valence-corrected chi connectivity index (χ4v) is 5.24. The lowest BCUT2D eigenvalue weighted by atomic mass is 9.73. The number of anilines is 1. The molecule has 1 N–H and O–H groups in total. The van der Waals surface area contributed by atoms with Gasteiger partial charge in [-0.15, -0.1) is 5.10 Å². The number of allylic oxidation sites excluding steroid dienone is 2. The first-order valence-electron chi connectivity index (χ1n) is 10.7. The number of carbonyl (C=O) groups is 1. The lowest BCUT2D eigenvalue weighted by Crippen LogP contribution is -2.36. The highest BCUT2D eigenvalue weighted by atomic mass is 32.2. The van der Waals surface area contributed by atoms with Crippen molar-refractivity contribution in [3.63, 3.8) is 0 Å². The molecule has 3 aromatic rings. The predicted molar refractivity (Wildman–Crippen MR) is 126 cm³/mol. The molecule has 1 aromatic heterocycles. The van der Waals surface area contributed by atoms with Crippen LogP contribution in [0.2, 0.25) is 0 Å². The number of nitrogens with zero attached hydrogens (tertiary/aromatic N) is 4. The number of carbonyl (C=O) groups excluding carboxylic acids is 1. The second kappa shape index (κ2) is 8.15. The minimum absolute atomic E-state index is 0.0101. The van der Waals surface area contributed by atoms with Crippen molar-refractivity contribution in [2.24, 2.45) is 5.41 Å². The highest BCUT2D eigenvalue weighted by Crippen LogP contribution is 2.45. The molecule has 0 bridgehead atoms. The third-order valence-corrected chi connectivity index (χ3v) is 6.85. The summed E-state index contributed by atoms with van der Waals surface area (Å²) in [5.41, 5.74) is 3.32. The molecule has 2 aromatic carbocycles. The van der Waals surface area contributed by atoms with Gasteiger partial charge in [-0.25, -0.2) is 4.68 Å². The van der Waals surface area contributed by atoms with Crippen molar-refractivity contribution in [1.82, 2.24) is 14.8 Å². The average molecular weight is 462 g/mol. The standard InChI is InChI=1S/C24H23N5O3S/c1-24(2)12-18-20(19(30)13-24)21(16-8-10-17(11-9-16)29(31)32)28-22(25-18)26-23(27-28)33-14-15-6-4-3-5-7-15/h3-11,21H,12-14H2,1-2H3,(H,25,26,27)/t21-/m1/s1. The van der Waals surface area contributed by atoms with Gasteiger partial charge in [0.2, 0.25) is 11.1 Å². The zero-order chi connectivity index (χ0) is 23.2. The number of nitro groups is 1. The predicted octanol–water partition coefficient (Wildman–Crippen LogP) is 5.14. The Morgan fingerprint density at radius 2 is 1.88 bits per heavy atom. The van der Waals surface area contributed by atoms with Crippen LogP contribution in [0.25, 0.3) is 0 Å². The summed E-state index contributed by atoms with van der Waals surface area (Å²) in [7, 11) is 0. The Hall–Kier alpha value is -3.46. The Morgan fingerprint density at radius 3 is 2.58 bits per heavy atom. The molecule has 0 spiro atoms. The van der Waals surface area contributed by atoms with E-state index in [1.54, 1.807) is 16.8 Å². The highest BCUT2D eigenvalue weighted by molar-refractivity contribution is 7.98. The number of hydrogen-bond acceptors (Lipinski definition) is 7. The summed E-state index contributed by atoms with van der Waals surface area (Å²) in [6, 6.07) is 16.0. The van der Waals surface area contributed by atoms with Crippen LogP contribution in [0.3, 0.4) is 0 Å². The fourth-order valence-electron chi connectivity index (χ4n) is 4.46. The van der Waals surface area contributed by atoms with Crippen LogP contribution < -0.4 is 5.32 Å². The number of nitrogens with one attached hydrogen (secondary N) is 1. The summed E-state index contributed by atoms with van der Waals surface area (Å²) < 4.78 is 1.74. The summed E-state index contributed by atoms with van der Waals surface area (Å²) in [5, 5.41) is 19.8. The SMILES string of the molecule is CC1(C)CC(=O)C2=C(C1)Nc1nc(SCc3ccccc3)nn1[C@@H]2c1ccc([N+](=O)[O-])cc1. The van der Waals surface area contributed by atoms with Gasteiger partial charge >= 0.3 is 0 Å². The summed E-state index contributed by atoms with van der Waals surface area (Å²) in [6.07, 6.45) is 1.16. The molecule has 33 heavy (non-hydrogen) atoms. The second-order valence-electron chi connectivity index (χ2n) is 9.15. The zero-order valence-electron chi connectivity index (χ0n) is 18.3. The Kier molecular flexibility index (Phi) is 5.28. The Bertz CT molecular complexity index is 1270. The molecule has 0 amide bonds. The Morgan fingerprint density at radius 1 is 1.15 bits per heavy atom. The van der Waals surface area contributed by atoms with Gasteiger partial charge in [0.05, 0.1) is 4.92 Å². The minimum atomic E-state index is -0.473. The molecule has 0 saturated heterocycles. The molecular weight excluding hydrogens is 438 g/mol. The van der Waals surface area contributed by atoms with Gasteiger partial charge in [-0.1, -0.05) is 55.9 Å². The first-order chi connectivity index (χ1) is 15.8. The average Bonchev–Trinajstić information content (AvgIpc) is 3.18. The Balaban J connectivity index is 1.54. The lowest BCUT2D eigenvalue weighted by molar-refractivity contribution is -0.384. The Labute approximate surface area is 195 Å². The molecule has 168 valence electrons. The van der Waals surface area contributed by atoms with Crippen molar-refractivity contribution < 1.29 is 9.72 Å². The highest BCUT2D eigenvalue weighted by Gasteiger charge is 2.42. The molecule has 9 heteroatoms. The molecule has 2 aliphatic rings. The molecule has 0 fully saturated rings. The van der Waals surface area contributed by atoms with E-state index in [9.17, 15) is 14.9 Å². The van der Waals surface area contributed by atoms with Crippen molar-refractivity contribution >= 4 is 29.2 Å². The van der Waals surface area contributed by atoms with Crippen molar-refractivity contribution in [3.05, 3.63) is 87.1 Å². The van der Waals surface area contributed by atoms with E-state index in [2.05, 4.69) is 31.3 Å². The fraction of sp³-hybridized carbons (Fsp3) is 0.292. The van der Waals surface area contributed by atoms with E-state index in [4.69, 9.17) is 10.1 Å². The maximum absolute atomic E-state index is 13.3. The van der Waals surface area contributed by atoms with Crippen LogP contribution in [-0.2, 0) is 10.5 Å². The lowest BCUT2D eigenvalue weighted by Gasteiger charge is -2.38. The second-order valence-corrected chi connectivity index (χ2v) is 10.1. The van der Waals surface area contributed by atoms with E-state index in [-0.39, 0.29) is 16.9 Å². The number of nitro benzene ring substituents is 1. The van der Waals surface area contributed by atoms with Crippen LogP contribution in [0, 0.1) is 15.5 Å². The van der Waals surface area contributed by atoms with E-state index >= 15 is 0 Å². The molecule has 0 radical (unpaired) electrons. The summed E-state index contributed by atoms with van der Waals surface area (Å²) in [6.45, 7) is 4.16. The van der Waals surface area contributed by atoms with E-state index in [1.165, 1.54) is 29.5 Å². The first kappa shape index (κ1) is 21.4. The summed E-state index contributed by atoms with van der Waals surface area (Å²) in [5.74, 6) is 1.38. The molecule has 1 aliphatic heterocycles. The molecule has 0 unspecified atom stereocenters. The van der Waals surface area contributed by atoms with Crippen molar-refractivity contribution in [2.45, 2.75) is 43.6 Å². The number of non-ortho nitro benzene ring substituents is 1. The summed E-state index contributed by atoms with van der Waals surface area (Å²) in [4.78, 5) is 28.7. The van der Waals surface area contributed by atoms with Gasteiger partial charge in [-0.05, 0) is 35.1 Å². The van der Waals surface area contributed by atoms with Crippen LogP contribution in [0.15, 0.2) is 71.0 Å². The number of benzene rings is 2. The number of Topliss-reactive ketones (excluding diaryl/α,β-unsaturated/α-hetero) is 1. The quantitative estimate of drug-likeness (QED) is 0.319. The van der Waals surface area contributed by atoms with E-state index < -0.39 is 11.0 Å². The topological polar surface area (TPSA) is 103 Å². The minimum Gasteiger partial charge on any atom is -0.328 e. The maximum Gasteiger partial charge on any atom is 0.269 e. The number of thioether (sulfide) groups is 1. The van der Waals surface area contributed by atoms with Gasteiger partial charge in [-0.3, -0.25) is 14.9 Å². The largest absolute Gasteiger partial charge is 0.328 e. The molecule has 2 heterocycles. The van der Waals surface area contributed by atoms with Crippen LogP contribution >= 0.6 is 11.8 Å². The van der Waals surface area contributed by atoms with Gasteiger partial charge in [0.15, 0.2) is 5.78 Å². The van der Waals surface area contributed by atoms with E-state index in [0.717, 1.165) is 23.4 Å². The molecule has 8 nitrogen and oxygen atoms in total. The van der Waals surface area contributed by atoms with Gasteiger partial charge in [0, 0.05) is 35.6 Å². The zero-order valence-corrected chi connectivity index (χ0v) is 19.1. The molecule has 1 aliphatic carbocycles. The molecule has 1 atom stereocenters. The van der Waals surface area contributed by atoms with Crippen LogP contribution in [0.5, 0.6) is 0 Å². The third-order valence-electron chi connectivity index (χ3n) is 5.94. The van der Waals surface area contributed by atoms with Gasteiger partial charge in [0.1, 0.15) is 6.04 Å². The van der Waals surface area contributed by atoms with Gasteiger partial charge in [0.25, 0.3) is 5.69 Å². The van der Waals surface area contributed by atoms with Crippen LogP contribution in [0.4, 0.5) is 11.6 Å². The van der Waals surface area contributed by atoms with Crippen molar-refractivity contribution in [2.75, 3.05) is 5.32 Å². The number of rotatable bonds is 5. The smallest absolute Gasteiger partial charge is 0.269 e. The number of fused-ring (bicyclic) bond motifs is 1. The molecule has 0 saturated carbocycles. The van der Waals surface area contributed by atoms with Crippen molar-refractivity contribution in [3.8, 4) is 0 Å². The van der Waals surface area contributed by atoms with Crippen molar-refractivity contribution in [1.29, 1.82) is 0 Å². The van der Waals surface area contributed by atoms with Gasteiger partial charge in [-0.2, -0.15) is 4.98 Å². The van der Waals surface area contributed by atoms with Crippen LogP contribution in [-0.4, -0.2) is 25.5 Å². The maximum atomic E-state index is 13.3. The van der Waals surface area contributed by atoms with E-state index in [1.807, 2.05) is 18.2 Å². The summed E-state index contributed by atoms with van der Waals surface area (Å²) >= 11 is 1.53. The van der Waals surface area contributed by atoms with Crippen LogP contribution in [0.1, 0.15) is 43.9 Å². The number of aromatic nitrogens is 3. The van der Waals surface area contributed by atoms with Gasteiger partial charge < -0.3 is 5.32 Å². The normalized spacial score (nSPS) is 19.0. The third kappa shape index (κ3) is 4.16. The molecule has 5 rings (SSSR count). The first-order valence-corrected chi connectivity index (χ1v) is 11.7.